The fourth-order valence-corrected chi connectivity index (χ4v) is 2.02. The molecule has 0 heterocycles. The molecule has 4 nitrogen and oxygen atoms in total. The van der Waals surface area contributed by atoms with Gasteiger partial charge in [-0.3, -0.25) is 4.79 Å². The summed E-state index contributed by atoms with van der Waals surface area (Å²) in [5, 5.41) is 0.288. The molecule has 0 aliphatic rings. The molecule has 0 amide bonds. The van der Waals surface area contributed by atoms with Crippen LogP contribution in [0, 0.1) is 0 Å². The maximum atomic E-state index is 11.2. The summed E-state index contributed by atoms with van der Waals surface area (Å²) in [4.78, 5) is 10.8. The van der Waals surface area contributed by atoms with E-state index in [2.05, 4.69) is 0 Å². The van der Waals surface area contributed by atoms with E-state index in [0.717, 1.165) is 0 Å². The Bertz CT molecular complexity index is 496. The Balaban J connectivity index is 2.70. The number of benzene rings is 1. The van der Waals surface area contributed by atoms with Gasteiger partial charge in [0.1, 0.15) is 12.4 Å². The summed E-state index contributed by atoms with van der Waals surface area (Å²) in [6, 6.07) is 4.79. The van der Waals surface area contributed by atoms with Crippen LogP contribution in [-0.2, 0) is 9.84 Å². The van der Waals surface area contributed by atoms with E-state index >= 15 is 0 Å². The van der Waals surface area contributed by atoms with Crippen molar-refractivity contribution in [3.8, 4) is 5.75 Å². The molecule has 0 unspecified atom stereocenters. The molecule has 0 aromatic heterocycles. The molecule has 6 heteroatoms. The second-order valence-corrected chi connectivity index (χ2v) is 6.23. The predicted molar refractivity (Wildman–Crippen MR) is 66.7 cm³/mol. The highest BCUT2D eigenvalue weighted by Crippen LogP contribution is 2.24. The number of hydrogen-bond donors (Lipinski definition) is 0. The van der Waals surface area contributed by atoms with E-state index in [9.17, 15) is 13.2 Å². The Kier molecular flexibility index (Phi) is 4.96. The molecule has 17 heavy (non-hydrogen) atoms. The molecule has 0 fully saturated rings. The van der Waals surface area contributed by atoms with Crippen molar-refractivity contribution < 1.29 is 17.9 Å². The number of rotatable bonds is 6. The van der Waals surface area contributed by atoms with Crippen molar-refractivity contribution in [2.24, 2.45) is 0 Å². The first kappa shape index (κ1) is 14.0. The molecule has 0 spiro atoms. The zero-order valence-corrected chi connectivity index (χ0v) is 10.9. The van der Waals surface area contributed by atoms with Crippen LogP contribution in [-0.4, -0.2) is 32.8 Å². The molecule has 94 valence electrons. The molecule has 0 bridgehead atoms. The van der Waals surface area contributed by atoms with E-state index in [1.165, 1.54) is 0 Å². The van der Waals surface area contributed by atoms with E-state index in [1.807, 2.05) is 0 Å². The molecule has 1 aromatic rings. The van der Waals surface area contributed by atoms with Gasteiger partial charge in [0.2, 0.25) is 0 Å². The van der Waals surface area contributed by atoms with Gasteiger partial charge < -0.3 is 4.74 Å². The molecule has 0 aliphatic heterocycles. The highest BCUT2D eigenvalue weighted by molar-refractivity contribution is 7.91. The summed E-state index contributed by atoms with van der Waals surface area (Å²) in [6.07, 6.45) is 0.589. The van der Waals surface area contributed by atoms with Crippen molar-refractivity contribution in [1.29, 1.82) is 0 Å². The summed E-state index contributed by atoms with van der Waals surface area (Å²) >= 11 is 5.80. The first-order valence-electron chi connectivity index (χ1n) is 5.07. The third kappa shape index (κ3) is 4.02. The molecule has 0 saturated heterocycles. The fraction of sp³-hybridized carbons (Fsp3) is 0.364. The van der Waals surface area contributed by atoms with E-state index in [1.54, 1.807) is 25.1 Å². The van der Waals surface area contributed by atoms with E-state index < -0.39 is 9.84 Å². The van der Waals surface area contributed by atoms with E-state index in [4.69, 9.17) is 16.3 Å². The summed E-state index contributed by atoms with van der Waals surface area (Å²) in [7, 11) is -3.07. The van der Waals surface area contributed by atoms with Gasteiger partial charge in [0.25, 0.3) is 0 Å². The molecular weight excluding hydrogens is 264 g/mol. The number of ether oxygens (including phenoxy) is 1. The topological polar surface area (TPSA) is 60.4 Å². The normalized spacial score (nSPS) is 11.2. The second kappa shape index (κ2) is 6.02. The van der Waals surface area contributed by atoms with Gasteiger partial charge in [0, 0.05) is 5.75 Å². The smallest absolute Gasteiger partial charge is 0.155 e. The first-order chi connectivity index (χ1) is 8.00. The Morgan fingerprint density at radius 3 is 2.71 bits per heavy atom. The minimum absolute atomic E-state index is 0.0113. The summed E-state index contributed by atoms with van der Waals surface area (Å²) in [6.45, 7) is 1.59. The maximum Gasteiger partial charge on any atom is 0.155 e. The fourth-order valence-electron chi connectivity index (χ4n) is 1.18. The number of halogens is 1. The lowest BCUT2D eigenvalue weighted by Crippen LogP contribution is -2.16. The standard InChI is InChI=1S/C11H13ClO4S/c1-2-17(14,15)7-6-16-11-5-3-4-10(12)9(11)8-13/h3-5,8H,2,6-7H2,1H3. The summed E-state index contributed by atoms with van der Waals surface area (Å²) in [5.41, 5.74) is 0.239. The van der Waals surface area contributed by atoms with Crippen molar-refractivity contribution in [3.05, 3.63) is 28.8 Å². The number of carbonyl (C=O) groups is 1. The Hall–Kier alpha value is -1.07. The van der Waals surface area contributed by atoms with Crippen LogP contribution in [0.4, 0.5) is 0 Å². The first-order valence-corrected chi connectivity index (χ1v) is 7.27. The maximum absolute atomic E-state index is 11.2. The molecule has 0 saturated carbocycles. The molecule has 0 aliphatic carbocycles. The lowest BCUT2D eigenvalue weighted by molar-refractivity contribution is 0.112. The average Bonchev–Trinajstić information content (AvgIpc) is 2.29. The van der Waals surface area contributed by atoms with E-state index in [-0.39, 0.29) is 28.7 Å². The van der Waals surface area contributed by atoms with Crippen molar-refractivity contribution in [1.82, 2.24) is 0 Å². The largest absolute Gasteiger partial charge is 0.492 e. The van der Waals surface area contributed by atoms with Crippen LogP contribution in [0.1, 0.15) is 17.3 Å². The van der Waals surface area contributed by atoms with Crippen LogP contribution in [0.3, 0.4) is 0 Å². The number of aldehydes is 1. The molecule has 0 atom stereocenters. The number of sulfone groups is 1. The van der Waals surface area contributed by atoms with Gasteiger partial charge in [0.15, 0.2) is 16.1 Å². The molecule has 0 N–H and O–H groups in total. The minimum atomic E-state index is -3.07. The van der Waals surface area contributed by atoms with Gasteiger partial charge >= 0.3 is 0 Å². The predicted octanol–water partition coefficient (Wildman–Crippen LogP) is 1.97. The summed E-state index contributed by atoms with van der Waals surface area (Å²) < 4.78 is 27.7. The zero-order chi connectivity index (χ0) is 12.9. The van der Waals surface area contributed by atoms with E-state index in [0.29, 0.717) is 12.0 Å². The molecule has 1 aromatic carbocycles. The monoisotopic (exact) mass is 276 g/mol. The van der Waals surface area contributed by atoms with Gasteiger partial charge in [-0.25, -0.2) is 8.42 Å². The number of carbonyl (C=O) groups excluding carboxylic acids is 1. The highest BCUT2D eigenvalue weighted by Gasteiger charge is 2.10. The summed E-state index contributed by atoms with van der Waals surface area (Å²) in [5.74, 6) is 0.305. The van der Waals surface area contributed by atoms with Crippen molar-refractivity contribution in [2.75, 3.05) is 18.1 Å². The van der Waals surface area contributed by atoms with Crippen LogP contribution in [0.2, 0.25) is 5.02 Å². The molecular formula is C11H13ClO4S. The number of hydrogen-bond acceptors (Lipinski definition) is 4. The van der Waals surface area contributed by atoms with Gasteiger partial charge in [0.05, 0.1) is 16.3 Å². The zero-order valence-electron chi connectivity index (χ0n) is 9.35. The van der Waals surface area contributed by atoms with Crippen molar-refractivity contribution in [3.63, 3.8) is 0 Å². The van der Waals surface area contributed by atoms with Crippen LogP contribution in [0.25, 0.3) is 0 Å². The SMILES string of the molecule is CCS(=O)(=O)CCOc1cccc(Cl)c1C=O. The molecule has 0 radical (unpaired) electrons. The third-order valence-electron chi connectivity index (χ3n) is 2.22. The highest BCUT2D eigenvalue weighted by atomic mass is 35.5. The lowest BCUT2D eigenvalue weighted by Gasteiger charge is -2.09. The van der Waals surface area contributed by atoms with Crippen LogP contribution in [0.5, 0.6) is 5.75 Å². The van der Waals surface area contributed by atoms with Gasteiger partial charge in [-0.05, 0) is 12.1 Å². The van der Waals surface area contributed by atoms with Gasteiger partial charge in [-0.15, -0.1) is 0 Å². The minimum Gasteiger partial charge on any atom is -0.492 e. The molecule has 1 rings (SSSR count). The van der Waals surface area contributed by atoms with Crippen LogP contribution in [0.15, 0.2) is 18.2 Å². The quantitative estimate of drug-likeness (QED) is 0.745. The van der Waals surface area contributed by atoms with Crippen molar-refractivity contribution in [2.45, 2.75) is 6.92 Å². The Morgan fingerprint density at radius 2 is 2.12 bits per heavy atom. The Labute approximate surface area is 105 Å². The third-order valence-corrected chi connectivity index (χ3v) is 4.22. The second-order valence-electron chi connectivity index (χ2n) is 3.35. The van der Waals surface area contributed by atoms with Gasteiger partial charge in [-0.1, -0.05) is 24.6 Å². The average molecular weight is 277 g/mol. The van der Waals surface area contributed by atoms with Crippen LogP contribution < -0.4 is 4.74 Å². The Morgan fingerprint density at radius 1 is 1.41 bits per heavy atom. The van der Waals surface area contributed by atoms with Crippen LogP contribution >= 0.6 is 11.6 Å². The van der Waals surface area contributed by atoms with Gasteiger partial charge in [-0.2, -0.15) is 0 Å². The lowest BCUT2D eigenvalue weighted by atomic mass is 10.2. The van der Waals surface area contributed by atoms with Crippen molar-refractivity contribution >= 4 is 27.7 Å².